The molecule has 4 aliphatic rings. The Bertz CT molecular complexity index is 453. The molecule has 4 rings (SSSR count). The minimum absolute atomic E-state index is 0.692. The Morgan fingerprint density at radius 2 is 1.31 bits per heavy atom. The lowest BCUT2D eigenvalue weighted by atomic mass is 9.26. The van der Waals surface area contributed by atoms with Crippen LogP contribution in [0.1, 0.15) is 120 Å². The van der Waals surface area contributed by atoms with Gasteiger partial charge in [0.15, 0.2) is 0 Å². The van der Waals surface area contributed by atoms with Gasteiger partial charge in [0.1, 0.15) is 0 Å². The molecule has 0 nitrogen and oxygen atoms in total. The highest BCUT2D eigenvalue weighted by Gasteiger charge is 2.73. The summed E-state index contributed by atoms with van der Waals surface area (Å²) >= 11 is 0. The van der Waals surface area contributed by atoms with Crippen LogP contribution < -0.4 is 0 Å². The van der Waals surface area contributed by atoms with Gasteiger partial charge in [0.25, 0.3) is 0 Å². The lowest BCUT2D eigenvalue weighted by Crippen LogP contribution is -2.71. The second-order valence-electron chi connectivity index (χ2n) is 10.3. The van der Waals surface area contributed by atoms with Crippen molar-refractivity contribution in [2.24, 2.45) is 45.8 Å². The van der Waals surface area contributed by atoms with Gasteiger partial charge in [-0.05, 0) is 77.9 Å². The lowest BCUT2D eigenvalue weighted by molar-refractivity contribution is -0.297. The summed E-state index contributed by atoms with van der Waals surface area (Å²) in [5.74, 6) is 5.32. The zero-order valence-electron chi connectivity index (χ0n) is 19.8. The highest BCUT2D eigenvalue weighted by atomic mass is 14.8. The number of hydrogen-bond acceptors (Lipinski definition) is 0. The first-order valence-corrected chi connectivity index (χ1v) is 12.4. The van der Waals surface area contributed by atoms with Crippen LogP contribution in [0, 0.1) is 45.8 Å². The molecule has 26 heavy (non-hydrogen) atoms. The van der Waals surface area contributed by atoms with Crippen LogP contribution in [0.25, 0.3) is 0 Å². The number of hydrogen-bond donors (Lipinski definition) is 0. The summed E-state index contributed by atoms with van der Waals surface area (Å²) in [6.07, 6.45) is 13.6. The van der Waals surface area contributed by atoms with Crippen molar-refractivity contribution < 1.29 is 0 Å². The molecule has 4 fully saturated rings. The molecule has 4 saturated carbocycles. The summed E-state index contributed by atoms with van der Waals surface area (Å²) < 4.78 is 0. The summed E-state index contributed by atoms with van der Waals surface area (Å²) in [6.45, 7) is 20.9. The Labute approximate surface area is 166 Å². The van der Waals surface area contributed by atoms with Crippen LogP contribution in [0.4, 0.5) is 0 Å². The van der Waals surface area contributed by atoms with Gasteiger partial charge in [-0.15, -0.1) is 0 Å². The van der Waals surface area contributed by atoms with E-state index in [9.17, 15) is 0 Å². The molecular formula is C26H50. The second kappa shape index (κ2) is 8.16. The predicted octanol–water partition coefficient (Wildman–Crippen LogP) is 8.74. The molecule has 0 aromatic rings. The standard InChI is InChI=1S/C22H38.2C2H6/c1-6-10-16-15(7-2)17-13-18-19(14-20(16,17)3)22(5)12-9-8-11-21(18,22)4;2*1-2/h15-19H,6-14H2,1-5H3;2*1-2H3. The van der Waals surface area contributed by atoms with E-state index >= 15 is 0 Å². The van der Waals surface area contributed by atoms with Crippen molar-refractivity contribution in [2.75, 3.05) is 0 Å². The average molecular weight is 363 g/mol. The van der Waals surface area contributed by atoms with Gasteiger partial charge in [0.05, 0.1) is 0 Å². The maximum Gasteiger partial charge on any atom is -0.0238 e. The molecule has 0 saturated heterocycles. The second-order valence-corrected chi connectivity index (χ2v) is 10.3. The normalized spacial score (nSPS) is 50.9. The molecule has 0 heteroatoms. The maximum atomic E-state index is 2.70. The minimum Gasteiger partial charge on any atom is -0.0683 e. The molecule has 154 valence electrons. The van der Waals surface area contributed by atoms with E-state index in [4.69, 9.17) is 0 Å². The van der Waals surface area contributed by atoms with Crippen molar-refractivity contribution >= 4 is 0 Å². The van der Waals surface area contributed by atoms with E-state index in [0.717, 1.165) is 29.6 Å². The van der Waals surface area contributed by atoms with E-state index < -0.39 is 0 Å². The fourth-order valence-corrected chi connectivity index (χ4v) is 8.69. The van der Waals surface area contributed by atoms with Crippen LogP contribution in [0.15, 0.2) is 0 Å². The van der Waals surface area contributed by atoms with Crippen LogP contribution in [0.5, 0.6) is 0 Å². The van der Waals surface area contributed by atoms with Gasteiger partial charge in [0, 0.05) is 0 Å². The van der Waals surface area contributed by atoms with Crippen molar-refractivity contribution in [3.8, 4) is 0 Å². The van der Waals surface area contributed by atoms with Crippen LogP contribution in [0.2, 0.25) is 0 Å². The molecule has 4 aliphatic carbocycles. The van der Waals surface area contributed by atoms with Crippen LogP contribution in [0.3, 0.4) is 0 Å². The SMILES string of the molecule is CC.CC.CCCC1C(CC)C2CC3C(CC12C)C1(C)CCCCC31C. The maximum absolute atomic E-state index is 2.70. The van der Waals surface area contributed by atoms with Crippen LogP contribution >= 0.6 is 0 Å². The van der Waals surface area contributed by atoms with E-state index in [0.29, 0.717) is 16.2 Å². The zero-order valence-corrected chi connectivity index (χ0v) is 19.8. The zero-order chi connectivity index (χ0) is 19.8. The molecule has 0 spiro atoms. The molecule has 0 amide bonds. The van der Waals surface area contributed by atoms with Gasteiger partial charge in [-0.3, -0.25) is 0 Å². The first-order valence-electron chi connectivity index (χ1n) is 12.4. The molecule has 0 N–H and O–H groups in total. The van der Waals surface area contributed by atoms with Gasteiger partial charge in [-0.1, -0.05) is 88.0 Å². The number of fused-ring (bicyclic) bond motifs is 5. The third-order valence-electron chi connectivity index (χ3n) is 10.0. The molecule has 0 heterocycles. The fraction of sp³-hybridized carbons (Fsp3) is 1.00. The van der Waals surface area contributed by atoms with Gasteiger partial charge < -0.3 is 0 Å². The largest absolute Gasteiger partial charge is 0.0683 e. The van der Waals surface area contributed by atoms with Gasteiger partial charge in [-0.2, -0.15) is 0 Å². The Balaban J connectivity index is 0.000000570. The Kier molecular flexibility index (Phi) is 7.00. The topological polar surface area (TPSA) is 0 Å². The Hall–Kier alpha value is 0. The summed E-state index contributed by atoms with van der Waals surface area (Å²) in [5.41, 5.74) is 2.10. The van der Waals surface area contributed by atoms with E-state index in [1.165, 1.54) is 44.9 Å². The first kappa shape index (κ1) is 22.3. The van der Waals surface area contributed by atoms with Crippen molar-refractivity contribution in [1.29, 1.82) is 0 Å². The van der Waals surface area contributed by atoms with E-state index in [1.54, 1.807) is 12.8 Å². The summed E-state index contributed by atoms with van der Waals surface area (Å²) in [7, 11) is 0. The summed E-state index contributed by atoms with van der Waals surface area (Å²) in [5, 5.41) is 0. The monoisotopic (exact) mass is 362 g/mol. The van der Waals surface area contributed by atoms with E-state index in [2.05, 4.69) is 34.6 Å². The molecule has 0 bridgehead atoms. The third-order valence-corrected chi connectivity index (χ3v) is 10.0. The Morgan fingerprint density at radius 3 is 1.81 bits per heavy atom. The summed E-state index contributed by atoms with van der Waals surface area (Å²) in [6, 6.07) is 0. The minimum atomic E-state index is 0.692. The molecule has 0 radical (unpaired) electrons. The van der Waals surface area contributed by atoms with Crippen LogP contribution in [-0.4, -0.2) is 0 Å². The molecular weight excluding hydrogens is 312 g/mol. The molecule has 8 unspecified atom stereocenters. The molecule has 0 aromatic carbocycles. The van der Waals surface area contributed by atoms with Crippen molar-refractivity contribution in [3.63, 3.8) is 0 Å². The van der Waals surface area contributed by atoms with Gasteiger partial charge >= 0.3 is 0 Å². The lowest BCUT2D eigenvalue weighted by Gasteiger charge is -2.78. The fourth-order valence-electron chi connectivity index (χ4n) is 8.69. The summed E-state index contributed by atoms with van der Waals surface area (Å²) in [4.78, 5) is 0. The van der Waals surface area contributed by atoms with Gasteiger partial charge in [0.2, 0.25) is 0 Å². The predicted molar refractivity (Wildman–Crippen MR) is 117 cm³/mol. The first-order chi connectivity index (χ1) is 12.4. The Morgan fingerprint density at radius 1 is 0.769 bits per heavy atom. The third kappa shape index (κ3) is 2.75. The van der Waals surface area contributed by atoms with Crippen molar-refractivity contribution in [2.45, 2.75) is 120 Å². The smallest absolute Gasteiger partial charge is 0.0238 e. The van der Waals surface area contributed by atoms with Gasteiger partial charge in [-0.25, -0.2) is 0 Å². The number of rotatable bonds is 3. The average Bonchev–Trinajstić information content (AvgIpc) is 2.67. The highest BCUT2D eigenvalue weighted by molar-refractivity contribution is 5.21. The van der Waals surface area contributed by atoms with E-state index in [-0.39, 0.29) is 0 Å². The molecule has 0 aliphatic heterocycles. The van der Waals surface area contributed by atoms with Crippen molar-refractivity contribution in [3.05, 3.63) is 0 Å². The van der Waals surface area contributed by atoms with Crippen molar-refractivity contribution in [1.82, 2.24) is 0 Å². The molecule has 8 atom stereocenters. The van der Waals surface area contributed by atoms with Crippen LogP contribution in [-0.2, 0) is 0 Å². The highest BCUT2D eigenvalue weighted by Crippen LogP contribution is 2.80. The quantitative estimate of drug-likeness (QED) is 0.470. The molecule has 0 aromatic heterocycles. The van der Waals surface area contributed by atoms with E-state index in [1.807, 2.05) is 27.7 Å².